The van der Waals surface area contributed by atoms with Crippen molar-refractivity contribution < 1.29 is 9.21 Å². The molecule has 1 atom stereocenters. The van der Waals surface area contributed by atoms with E-state index in [0.29, 0.717) is 16.9 Å². The first kappa shape index (κ1) is 12.4. The third kappa shape index (κ3) is 2.43. The summed E-state index contributed by atoms with van der Waals surface area (Å²) in [5.74, 6) is 0.784. The SMILES string of the molecule is NC(c1ccc2c(c1)CCC(=O)N2)c1ccc(Br)o1. The Morgan fingerprint density at radius 2 is 2.11 bits per heavy atom. The number of anilines is 1. The summed E-state index contributed by atoms with van der Waals surface area (Å²) in [5, 5.41) is 2.86. The topological polar surface area (TPSA) is 68.3 Å². The van der Waals surface area contributed by atoms with Crippen LogP contribution in [0.1, 0.15) is 29.3 Å². The first-order valence-electron chi connectivity index (χ1n) is 6.07. The largest absolute Gasteiger partial charge is 0.452 e. The standard InChI is InChI=1S/C14H13BrN2O2/c15-12-5-4-11(19-12)14(16)9-1-3-10-8(7-9)2-6-13(18)17-10/h1,3-5,7,14H,2,6,16H2,(H,17,18). The first-order chi connectivity index (χ1) is 9.13. The molecule has 0 saturated heterocycles. The Morgan fingerprint density at radius 3 is 2.84 bits per heavy atom. The smallest absolute Gasteiger partial charge is 0.224 e. The van der Waals surface area contributed by atoms with E-state index in [1.807, 2.05) is 30.3 Å². The highest BCUT2D eigenvalue weighted by Crippen LogP contribution is 2.29. The van der Waals surface area contributed by atoms with Crippen LogP contribution in [0.5, 0.6) is 0 Å². The predicted molar refractivity (Wildman–Crippen MR) is 75.8 cm³/mol. The number of halogens is 1. The number of furan rings is 1. The Hall–Kier alpha value is -1.59. The molecule has 3 N–H and O–H groups in total. The van der Waals surface area contributed by atoms with E-state index in [1.165, 1.54) is 0 Å². The van der Waals surface area contributed by atoms with E-state index in [-0.39, 0.29) is 11.9 Å². The molecule has 1 amide bonds. The van der Waals surface area contributed by atoms with Gasteiger partial charge in [-0.3, -0.25) is 4.79 Å². The molecule has 2 heterocycles. The fraction of sp³-hybridized carbons (Fsp3) is 0.214. The van der Waals surface area contributed by atoms with Crippen LogP contribution >= 0.6 is 15.9 Å². The number of benzene rings is 1. The van der Waals surface area contributed by atoms with E-state index in [0.717, 1.165) is 23.2 Å². The number of carbonyl (C=O) groups excluding carboxylic acids is 1. The molecule has 1 aliphatic heterocycles. The number of hydrogen-bond acceptors (Lipinski definition) is 3. The quantitative estimate of drug-likeness (QED) is 0.893. The molecule has 0 fully saturated rings. The highest BCUT2D eigenvalue weighted by Gasteiger charge is 2.18. The van der Waals surface area contributed by atoms with Crippen molar-refractivity contribution in [3.63, 3.8) is 0 Å². The average Bonchev–Trinajstić information content (AvgIpc) is 2.84. The van der Waals surface area contributed by atoms with Gasteiger partial charge < -0.3 is 15.5 Å². The number of rotatable bonds is 2. The lowest BCUT2D eigenvalue weighted by Gasteiger charge is -2.19. The summed E-state index contributed by atoms with van der Waals surface area (Å²) < 4.78 is 6.15. The highest BCUT2D eigenvalue weighted by atomic mass is 79.9. The van der Waals surface area contributed by atoms with Crippen molar-refractivity contribution in [1.29, 1.82) is 0 Å². The van der Waals surface area contributed by atoms with E-state index in [4.69, 9.17) is 10.2 Å². The second-order valence-electron chi connectivity index (χ2n) is 4.58. The number of nitrogens with one attached hydrogen (secondary N) is 1. The van der Waals surface area contributed by atoms with Gasteiger partial charge in [0.25, 0.3) is 0 Å². The van der Waals surface area contributed by atoms with Gasteiger partial charge in [-0.1, -0.05) is 12.1 Å². The fourth-order valence-electron chi connectivity index (χ4n) is 2.26. The summed E-state index contributed by atoms with van der Waals surface area (Å²) in [5.41, 5.74) is 9.18. The lowest BCUT2D eigenvalue weighted by molar-refractivity contribution is -0.116. The second kappa shape index (κ2) is 4.83. The van der Waals surface area contributed by atoms with Crippen molar-refractivity contribution in [2.75, 3.05) is 5.32 Å². The predicted octanol–water partition coefficient (Wildman–Crippen LogP) is 2.97. The van der Waals surface area contributed by atoms with Crippen molar-refractivity contribution in [3.8, 4) is 0 Å². The molecular weight excluding hydrogens is 308 g/mol. The summed E-state index contributed by atoms with van der Waals surface area (Å²) in [6.07, 6.45) is 1.28. The van der Waals surface area contributed by atoms with Crippen molar-refractivity contribution in [2.45, 2.75) is 18.9 Å². The van der Waals surface area contributed by atoms with Crippen LogP contribution in [0, 0.1) is 0 Å². The molecule has 5 heteroatoms. The number of fused-ring (bicyclic) bond motifs is 1. The number of aryl methyl sites for hydroxylation is 1. The molecule has 1 aromatic carbocycles. The molecule has 0 saturated carbocycles. The van der Waals surface area contributed by atoms with E-state index in [2.05, 4.69) is 21.2 Å². The van der Waals surface area contributed by atoms with Crippen LogP contribution in [0.15, 0.2) is 39.4 Å². The Bertz CT molecular complexity index is 636. The number of nitrogens with two attached hydrogens (primary N) is 1. The Labute approximate surface area is 119 Å². The van der Waals surface area contributed by atoms with E-state index < -0.39 is 0 Å². The summed E-state index contributed by atoms with van der Waals surface area (Å²) in [4.78, 5) is 11.3. The lowest BCUT2D eigenvalue weighted by atomic mass is 9.97. The van der Waals surface area contributed by atoms with Gasteiger partial charge in [-0.15, -0.1) is 0 Å². The van der Waals surface area contributed by atoms with E-state index in [9.17, 15) is 4.79 Å². The zero-order chi connectivity index (χ0) is 13.4. The maximum absolute atomic E-state index is 11.3. The summed E-state index contributed by atoms with van der Waals surface area (Å²) in [6.45, 7) is 0. The van der Waals surface area contributed by atoms with Gasteiger partial charge in [0.15, 0.2) is 4.67 Å². The third-order valence-electron chi connectivity index (χ3n) is 3.28. The Morgan fingerprint density at radius 1 is 1.26 bits per heavy atom. The molecule has 1 unspecified atom stereocenters. The monoisotopic (exact) mass is 320 g/mol. The molecule has 4 nitrogen and oxygen atoms in total. The summed E-state index contributed by atoms with van der Waals surface area (Å²) in [7, 11) is 0. The molecule has 98 valence electrons. The Kier molecular flexibility index (Phi) is 3.16. The number of amides is 1. The van der Waals surface area contributed by atoms with Crippen molar-refractivity contribution in [2.24, 2.45) is 5.73 Å². The van der Waals surface area contributed by atoms with E-state index >= 15 is 0 Å². The minimum absolute atomic E-state index is 0.0690. The van der Waals surface area contributed by atoms with Crippen LogP contribution in [-0.4, -0.2) is 5.91 Å². The number of carbonyl (C=O) groups is 1. The van der Waals surface area contributed by atoms with Gasteiger partial charge in [0.05, 0.1) is 6.04 Å². The maximum Gasteiger partial charge on any atom is 0.224 e. The van der Waals surface area contributed by atoms with Crippen LogP contribution in [0.25, 0.3) is 0 Å². The van der Waals surface area contributed by atoms with Gasteiger partial charge in [-0.25, -0.2) is 0 Å². The van der Waals surface area contributed by atoms with Gasteiger partial charge in [-0.2, -0.15) is 0 Å². The lowest BCUT2D eigenvalue weighted by Crippen LogP contribution is -2.20. The van der Waals surface area contributed by atoms with Crippen molar-refractivity contribution in [3.05, 3.63) is 51.9 Å². The van der Waals surface area contributed by atoms with Gasteiger partial charge in [0.2, 0.25) is 5.91 Å². The van der Waals surface area contributed by atoms with Crippen LogP contribution < -0.4 is 11.1 Å². The zero-order valence-electron chi connectivity index (χ0n) is 10.2. The van der Waals surface area contributed by atoms with Crippen LogP contribution in [0.3, 0.4) is 0 Å². The van der Waals surface area contributed by atoms with Gasteiger partial charge >= 0.3 is 0 Å². The minimum Gasteiger partial charge on any atom is -0.452 e. The van der Waals surface area contributed by atoms with Gasteiger partial charge in [-0.05, 0) is 51.7 Å². The summed E-state index contributed by atoms with van der Waals surface area (Å²) in [6, 6.07) is 9.25. The number of hydrogen-bond donors (Lipinski definition) is 2. The second-order valence-corrected chi connectivity index (χ2v) is 5.37. The molecule has 3 rings (SSSR count). The molecule has 1 aromatic heterocycles. The zero-order valence-corrected chi connectivity index (χ0v) is 11.7. The van der Waals surface area contributed by atoms with Crippen LogP contribution in [0.4, 0.5) is 5.69 Å². The normalized spacial score (nSPS) is 15.8. The van der Waals surface area contributed by atoms with Crippen LogP contribution in [0.2, 0.25) is 0 Å². The van der Waals surface area contributed by atoms with Gasteiger partial charge in [0, 0.05) is 12.1 Å². The molecule has 19 heavy (non-hydrogen) atoms. The third-order valence-corrected chi connectivity index (χ3v) is 3.71. The Balaban J connectivity index is 1.92. The minimum atomic E-state index is -0.297. The van der Waals surface area contributed by atoms with E-state index in [1.54, 1.807) is 0 Å². The fourth-order valence-corrected chi connectivity index (χ4v) is 2.58. The molecular formula is C14H13BrN2O2. The van der Waals surface area contributed by atoms with Crippen molar-refractivity contribution in [1.82, 2.24) is 0 Å². The van der Waals surface area contributed by atoms with Gasteiger partial charge in [0.1, 0.15) is 5.76 Å². The maximum atomic E-state index is 11.3. The summed E-state index contributed by atoms with van der Waals surface area (Å²) >= 11 is 3.27. The highest BCUT2D eigenvalue weighted by molar-refractivity contribution is 9.10. The molecule has 1 aliphatic rings. The molecule has 0 bridgehead atoms. The van der Waals surface area contributed by atoms with Crippen LogP contribution in [-0.2, 0) is 11.2 Å². The molecule has 0 aliphatic carbocycles. The molecule has 2 aromatic rings. The average molecular weight is 321 g/mol. The molecule has 0 radical (unpaired) electrons. The van der Waals surface area contributed by atoms with Crippen molar-refractivity contribution >= 4 is 27.5 Å². The molecule has 0 spiro atoms. The first-order valence-corrected chi connectivity index (χ1v) is 6.86.